The average molecular weight is 802 g/mol. The molecule has 0 N–H and O–H groups in total. The Morgan fingerprint density at radius 1 is 0.175 bits per heavy atom. The lowest BCUT2D eigenvalue weighted by Crippen LogP contribution is -1.96. The van der Waals surface area contributed by atoms with E-state index in [0.717, 1.165) is 17.1 Å². The van der Waals surface area contributed by atoms with Crippen molar-refractivity contribution in [3.8, 4) is 50.4 Å². The fraction of sp³-hybridized carbons (Fsp3) is 0. The number of aromatic nitrogens is 3. The van der Waals surface area contributed by atoms with Crippen molar-refractivity contribution < 1.29 is 0 Å². The van der Waals surface area contributed by atoms with Crippen LogP contribution in [0.2, 0.25) is 0 Å². The molecule has 10 aromatic carbocycles. The smallest absolute Gasteiger partial charge is 0.0547 e. The summed E-state index contributed by atoms with van der Waals surface area (Å²) < 4.78 is 7.28. The van der Waals surface area contributed by atoms with Crippen LogP contribution < -0.4 is 0 Å². The van der Waals surface area contributed by atoms with Crippen molar-refractivity contribution in [2.24, 2.45) is 0 Å². The Hall–Kier alpha value is -8.40. The molecule has 0 bridgehead atoms. The molecule has 0 aliphatic rings. The van der Waals surface area contributed by atoms with Crippen LogP contribution in [0, 0.1) is 0 Å². The largest absolute Gasteiger partial charge is 0.309 e. The lowest BCUT2D eigenvalue weighted by atomic mass is 9.98. The average Bonchev–Trinajstić information content (AvgIpc) is 3.99. The third-order valence-corrected chi connectivity index (χ3v) is 13.0. The lowest BCUT2D eigenvalue weighted by molar-refractivity contribution is 1.17. The standard InChI is InChI=1S/C60H39N3/c1-4-16-40(17-5-1)44-34-45(41-18-6-2-7-19-41)36-48(35-44)63-57-27-15-11-23-50(57)53-37-42(29-32-58(53)63)43-28-31-52-49-22-10-13-25-55(49)62(60(52)38-43)47-30-33-59-54(39-47)51-24-12-14-26-56(51)61(59)46-20-8-3-9-21-46/h1-39H. The molecular weight excluding hydrogens is 763 g/mol. The maximum Gasteiger partial charge on any atom is 0.0547 e. The van der Waals surface area contributed by atoms with Gasteiger partial charge >= 0.3 is 0 Å². The van der Waals surface area contributed by atoms with Crippen LogP contribution in [0.4, 0.5) is 0 Å². The van der Waals surface area contributed by atoms with E-state index < -0.39 is 0 Å². The third-order valence-electron chi connectivity index (χ3n) is 13.0. The molecule has 13 rings (SSSR count). The van der Waals surface area contributed by atoms with Gasteiger partial charge in [0.25, 0.3) is 0 Å². The SMILES string of the molecule is c1ccc(-c2cc(-c3ccccc3)cc(-n3c4ccccc4c4cc(-c5ccc6c7ccccc7n(-c7ccc8c(c7)c7ccccc7n8-c7ccccc7)c6c5)ccc43)c2)cc1. The minimum atomic E-state index is 1.14. The molecule has 0 aliphatic carbocycles. The molecule has 0 atom stereocenters. The Morgan fingerprint density at radius 3 is 1.19 bits per heavy atom. The minimum absolute atomic E-state index is 1.14. The zero-order valence-corrected chi connectivity index (χ0v) is 34.4. The zero-order chi connectivity index (χ0) is 41.4. The van der Waals surface area contributed by atoms with Crippen molar-refractivity contribution >= 4 is 65.4 Å². The van der Waals surface area contributed by atoms with Crippen LogP contribution in [0.1, 0.15) is 0 Å². The van der Waals surface area contributed by atoms with E-state index in [2.05, 4.69) is 250 Å². The summed E-state index contributed by atoms with van der Waals surface area (Å²) in [6, 6.07) is 86.5. The van der Waals surface area contributed by atoms with E-state index in [1.165, 1.54) is 98.8 Å². The van der Waals surface area contributed by atoms with Crippen LogP contribution in [0.25, 0.3) is 116 Å². The molecule has 0 unspecified atom stereocenters. The van der Waals surface area contributed by atoms with Crippen LogP contribution in [-0.2, 0) is 0 Å². The quantitative estimate of drug-likeness (QED) is 0.159. The number of benzene rings is 10. The van der Waals surface area contributed by atoms with Crippen LogP contribution in [0.5, 0.6) is 0 Å². The first kappa shape index (κ1) is 35.4. The van der Waals surface area contributed by atoms with Gasteiger partial charge in [0.2, 0.25) is 0 Å². The molecule has 63 heavy (non-hydrogen) atoms. The molecule has 3 aromatic heterocycles. The summed E-state index contributed by atoms with van der Waals surface area (Å²) in [5.74, 6) is 0. The van der Waals surface area contributed by atoms with Gasteiger partial charge < -0.3 is 13.7 Å². The topological polar surface area (TPSA) is 14.8 Å². The summed E-state index contributed by atoms with van der Waals surface area (Å²) in [4.78, 5) is 0. The van der Waals surface area contributed by atoms with Gasteiger partial charge in [0.1, 0.15) is 0 Å². The van der Waals surface area contributed by atoms with E-state index in [9.17, 15) is 0 Å². The molecule has 3 heterocycles. The van der Waals surface area contributed by atoms with Gasteiger partial charge in [-0.25, -0.2) is 0 Å². The number of nitrogens with zero attached hydrogens (tertiary/aromatic N) is 3. The Bertz CT molecular complexity index is 3830. The number of para-hydroxylation sites is 4. The van der Waals surface area contributed by atoms with Gasteiger partial charge in [-0.05, 0) is 118 Å². The Morgan fingerprint density at radius 2 is 0.587 bits per heavy atom. The second-order valence-corrected chi connectivity index (χ2v) is 16.6. The normalized spacial score (nSPS) is 11.8. The second-order valence-electron chi connectivity index (χ2n) is 16.6. The minimum Gasteiger partial charge on any atom is -0.309 e. The fourth-order valence-corrected chi connectivity index (χ4v) is 10.1. The molecule has 0 aliphatic heterocycles. The van der Waals surface area contributed by atoms with Crippen LogP contribution in [0.3, 0.4) is 0 Å². The van der Waals surface area contributed by atoms with Crippen molar-refractivity contribution in [1.82, 2.24) is 13.7 Å². The molecule has 0 saturated carbocycles. The van der Waals surface area contributed by atoms with Gasteiger partial charge in [-0.2, -0.15) is 0 Å². The molecule has 3 nitrogen and oxygen atoms in total. The molecule has 0 spiro atoms. The van der Waals surface area contributed by atoms with Gasteiger partial charge in [0, 0.05) is 49.4 Å². The lowest BCUT2D eigenvalue weighted by Gasteiger charge is -2.14. The molecule has 0 amide bonds. The first-order valence-electron chi connectivity index (χ1n) is 21.7. The molecule has 13 aromatic rings. The molecule has 0 radical (unpaired) electrons. The van der Waals surface area contributed by atoms with Crippen molar-refractivity contribution in [2.45, 2.75) is 0 Å². The number of fused-ring (bicyclic) bond motifs is 9. The zero-order valence-electron chi connectivity index (χ0n) is 34.4. The predicted octanol–water partition coefficient (Wildman–Crippen LogP) is 16.0. The van der Waals surface area contributed by atoms with E-state index >= 15 is 0 Å². The van der Waals surface area contributed by atoms with Gasteiger partial charge in [-0.3, -0.25) is 0 Å². The number of rotatable bonds is 6. The van der Waals surface area contributed by atoms with E-state index in [1.807, 2.05) is 0 Å². The van der Waals surface area contributed by atoms with E-state index in [-0.39, 0.29) is 0 Å². The highest BCUT2D eigenvalue weighted by Gasteiger charge is 2.19. The summed E-state index contributed by atoms with van der Waals surface area (Å²) in [5.41, 5.74) is 17.8. The molecule has 3 heteroatoms. The first-order chi connectivity index (χ1) is 31.2. The van der Waals surface area contributed by atoms with Crippen molar-refractivity contribution in [3.63, 3.8) is 0 Å². The van der Waals surface area contributed by atoms with Gasteiger partial charge in [-0.15, -0.1) is 0 Å². The second kappa shape index (κ2) is 14.1. The maximum atomic E-state index is 2.46. The summed E-state index contributed by atoms with van der Waals surface area (Å²) >= 11 is 0. The molecule has 0 saturated heterocycles. The van der Waals surface area contributed by atoms with Gasteiger partial charge in [0.15, 0.2) is 0 Å². The number of hydrogen-bond donors (Lipinski definition) is 0. The van der Waals surface area contributed by atoms with Crippen molar-refractivity contribution in [1.29, 1.82) is 0 Å². The molecule has 294 valence electrons. The number of hydrogen-bond acceptors (Lipinski definition) is 0. The van der Waals surface area contributed by atoms with Crippen LogP contribution in [-0.4, -0.2) is 13.7 Å². The van der Waals surface area contributed by atoms with E-state index in [1.54, 1.807) is 0 Å². The first-order valence-corrected chi connectivity index (χ1v) is 21.7. The Kier molecular flexibility index (Phi) is 7.91. The highest BCUT2D eigenvalue weighted by Crippen LogP contribution is 2.41. The van der Waals surface area contributed by atoms with Gasteiger partial charge in [-0.1, -0.05) is 152 Å². The van der Waals surface area contributed by atoms with Crippen LogP contribution in [0.15, 0.2) is 237 Å². The third kappa shape index (κ3) is 5.60. The molecule has 0 fully saturated rings. The van der Waals surface area contributed by atoms with Crippen molar-refractivity contribution in [2.75, 3.05) is 0 Å². The molecular formula is C60H39N3. The Labute approximate surface area is 364 Å². The monoisotopic (exact) mass is 801 g/mol. The van der Waals surface area contributed by atoms with Crippen LogP contribution >= 0.6 is 0 Å². The fourth-order valence-electron chi connectivity index (χ4n) is 10.1. The highest BCUT2D eigenvalue weighted by atomic mass is 15.0. The summed E-state index contributed by atoms with van der Waals surface area (Å²) in [6.07, 6.45) is 0. The van der Waals surface area contributed by atoms with E-state index in [0.29, 0.717) is 0 Å². The summed E-state index contributed by atoms with van der Waals surface area (Å²) in [5, 5.41) is 7.44. The summed E-state index contributed by atoms with van der Waals surface area (Å²) in [7, 11) is 0. The van der Waals surface area contributed by atoms with Gasteiger partial charge in [0.05, 0.1) is 33.1 Å². The predicted molar refractivity (Wildman–Crippen MR) is 266 cm³/mol. The maximum absolute atomic E-state index is 2.46. The van der Waals surface area contributed by atoms with Crippen molar-refractivity contribution in [3.05, 3.63) is 237 Å². The summed E-state index contributed by atoms with van der Waals surface area (Å²) in [6.45, 7) is 0. The van der Waals surface area contributed by atoms with E-state index in [4.69, 9.17) is 0 Å². The Balaban J connectivity index is 0.991. The highest BCUT2D eigenvalue weighted by molar-refractivity contribution is 6.14.